The van der Waals surface area contributed by atoms with Crippen molar-refractivity contribution in [3.8, 4) is 89.6 Å². The lowest BCUT2D eigenvalue weighted by atomic mass is 9.33. The second kappa shape index (κ2) is 22.3. The largest absolute Gasteiger partial charge is 0.311 e. The first-order chi connectivity index (χ1) is 45.5. The van der Waals surface area contributed by atoms with E-state index < -0.39 is 0 Å². The van der Waals surface area contributed by atoms with Gasteiger partial charge in [0, 0.05) is 50.5 Å². The van der Waals surface area contributed by atoms with Gasteiger partial charge in [0.2, 0.25) is 0 Å². The quantitative estimate of drug-likeness (QED) is 0.101. The lowest BCUT2D eigenvalue weighted by molar-refractivity contribution is 1.18. The highest BCUT2D eigenvalue weighted by Crippen LogP contribution is 2.49. The Kier molecular flexibility index (Phi) is 13.0. The van der Waals surface area contributed by atoms with Crippen LogP contribution in [0.5, 0.6) is 0 Å². The molecule has 1 aromatic heterocycles. The summed E-state index contributed by atoms with van der Waals surface area (Å²) in [6.07, 6.45) is 0. The minimum absolute atomic E-state index is 0.155. The van der Waals surface area contributed by atoms with E-state index in [1.54, 1.807) is 0 Å². The third-order valence-electron chi connectivity index (χ3n) is 18.6. The summed E-state index contributed by atoms with van der Waals surface area (Å²) in [4.78, 5) is 8.81. The van der Waals surface area contributed by atoms with Crippen LogP contribution >= 0.6 is 0 Å². The van der Waals surface area contributed by atoms with Crippen molar-refractivity contribution in [1.29, 1.82) is 5.26 Å². The van der Waals surface area contributed by atoms with E-state index in [2.05, 4.69) is 316 Å². The van der Waals surface area contributed by atoms with Gasteiger partial charge >= 0.3 is 0 Å². The third-order valence-corrected chi connectivity index (χ3v) is 18.6. The average Bonchev–Trinajstić information content (AvgIpc) is 0.787. The Morgan fingerprint density at radius 2 is 0.728 bits per heavy atom. The molecule has 2 aliphatic rings. The van der Waals surface area contributed by atoms with Crippen molar-refractivity contribution in [2.45, 2.75) is 0 Å². The number of fused-ring (bicyclic) bond motifs is 7. The highest BCUT2D eigenvalue weighted by atomic mass is 15.2. The summed E-state index contributed by atoms with van der Waals surface area (Å²) in [6, 6.07) is 121. The first-order valence-corrected chi connectivity index (χ1v) is 31.2. The van der Waals surface area contributed by atoms with E-state index in [9.17, 15) is 5.26 Å². The summed E-state index contributed by atoms with van der Waals surface area (Å²) in [7, 11) is 0. The fourth-order valence-electron chi connectivity index (χ4n) is 14.3. The second-order valence-corrected chi connectivity index (χ2v) is 23.8. The van der Waals surface area contributed by atoms with Crippen molar-refractivity contribution in [1.82, 2.24) is 4.57 Å². The van der Waals surface area contributed by atoms with Crippen LogP contribution in [-0.4, -0.2) is 11.3 Å². The maximum atomic E-state index is 10.2. The molecule has 0 saturated carbocycles. The van der Waals surface area contributed by atoms with E-state index in [4.69, 9.17) is 6.57 Å². The lowest BCUT2D eigenvalue weighted by Gasteiger charge is -2.44. The van der Waals surface area contributed by atoms with Gasteiger partial charge in [-0.05, 0) is 186 Å². The van der Waals surface area contributed by atoms with Gasteiger partial charge in [0.25, 0.3) is 6.71 Å². The highest BCUT2D eigenvalue weighted by molar-refractivity contribution is 7.00. The maximum absolute atomic E-state index is 10.2. The molecule has 0 unspecified atom stereocenters. The van der Waals surface area contributed by atoms with Gasteiger partial charge in [0.05, 0.1) is 34.9 Å². The minimum atomic E-state index is -0.155. The number of nitriles is 1. The van der Waals surface area contributed by atoms with Gasteiger partial charge < -0.3 is 14.4 Å². The molecule has 0 aliphatic carbocycles. The topological polar surface area (TPSA) is 39.6 Å². The van der Waals surface area contributed by atoms with Gasteiger partial charge in [-0.25, -0.2) is 4.85 Å². The first-order valence-electron chi connectivity index (χ1n) is 31.2. The predicted octanol–water partition coefficient (Wildman–Crippen LogP) is 21.0. The summed E-state index contributed by atoms with van der Waals surface area (Å²) in [5, 5.41) is 12.5. The zero-order chi connectivity index (χ0) is 61.2. The average molecular weight is 1170 g/mol. The highest BCUT2D eigenvalue weighted by Gasteiger charge is 2.44. The molecule has 0 atom stereocenters. The molecule has 0 spiro atoms. The van der Waals surface area contributed by atoms with Crippen LogP contribution in [0.25, 0.3) is 110 Å². The second-order valence-electron chi connectivity index (χ2n) is 23.8. The number of rotatable bonds is 10. The molecule has 0 fully saturated rings. The SMILES string of the molecule is [C-]#[N+]c1cccc(-c2ccc(-n3c4ccccc4c4cc(-c5cc6c7c(c5)N(c5ccc(-c8ccccc8)cc5)c5ccc(-c8ccccc8)cc5B7c5cc(-c7ccccc7)ccc5N6c5ccc(-c6ccccc6)cc5)ccc43)c(-c3cccc(C#N)c3)c2)c1. The summed E-state index contributed by atoms with van der Waals surface area (Å²) in [6.45, 7) is 7.65. The van der Waals surface area contributed by atoms with Gasteiger partial charge in [-0.2, -0.15) is 5.26 Å². The summed E-state index contributed by atoms with van der Waals surface area (Å²) in [5.41, 5.74) is 30.0. The van der Waals surface area contributed by atoms with E-state index in [0.29, 0.717) is 11.3 Å². The monoisotopic (exact) mass is 1170 g/mol. The van der Waals surface area contributed by atoms with Crippen LogP contribution in [0.2, 0.25) is 0 Å². The molecule has 2 aliphatic heterocycles. The van der Waals surface area contributed by atoms with Gasteiger partial charge in [0.1, 0.15) is 0 Å². The van der Waals surface area contributed by atoms with Crippen molar-refractivity contribution in [3.05, 3.63) is 345 Å². The molecule has 6 heteroatoms. The summed E-state index contributed by atoms with van der Waals surface area (Å²) >= 11 is 0. The van der Waals surface area contributed by atoms with Crippen LogP contribution in [0.15, 0.2) is 328 Å². The predicted molar refractivity (Wildman–Crippen MR) is 384 cm³/mol. The normalized spacial score (nSPS) is 12.0. The first kappa shape index (κ1) is 53.7. The Balaban J connectivity index is 0.921. The molecule has 426 valence electrons. The van der Waals surface area contributed by atoms with Gasteiger partial charge in [-0.3, -0.25) is 0 Å². The molecule has 17 rings (SSSR count). The number of nitrogens with zero attached hydrogens (tertiary/aromatic N) is 5. The van der Waals surface area contributed by atoms with Crippen molar-refractivity contribution < 1.29 is 0 Å². The van der Waals surface area contributed by atoms with E-state index in [0.717, 1.165) is 106 Å². The number of aromatic nitrogens is 1. The molecule has 0 radical (unpaired) electrons. The fourth-order valence-corrected chi connectivity index (χ4v) is 14.3. The number of benzene rings is 14. The number of para-hydroxylation sites is 1. The number of hydrogen-bond donors (Lipinski definition) is 0. The van der Waals surface area contributed by atoms with Crippen LogP contribution in [-0.2, 0) is 0 Å². The Morgan fingerprint density at radius 1 is 0.304 bits per heavy atom. The molecule has 0 amide bonds. The Labute approximate surface area is 535 Å². The summed E-state index contributed by atoms with van der Waals surface area (Å²) < 4.78 is 2.38. The van der Waals surface area contributed by atoms with Gasteiger partial charge in [-0.1, -0.05) is 231 Å². The van der Waals surface area contributed by atoms with Crippen LogP contribution in [0.1, 0.15) is 5.56 Å². The molecule has 5 nitrogen and oxygen atoms in total. The van der Waals surface area contributed by atoms with E-state index in [-0.39, 0.29) is 6.71 Å². The Morgan fingerprint density at radius 3 is 1.28 bits per heavy atom. The third kappa shape index (κ3) is 9.17. The van der Waals surface area contributed by atoms with Crippen molar-refractivity contribution in [2.24, 2.45) is 0 Å². The summed E-state index contributed by atoms with van der Waals surface area (Å²) in [5.74, 6) is 0. The zero-order valence-corrected chi connectivity index (χ0v) is 50.0. The lowest BCUT2D eigenvalue weighted by Crippen LogP contribution is -2.61. The molecule has 0 bridgehead atoms. The van der Waals surface area contributed by atoms with Crippen molar-refractivity contribution in [3.63, 3.8) is 0 Å². The molecule has 92 heavy (non-hydrogen) atoms. The van der Waals surface area contributed by atoms with Gasteiger partial charge in [0.15, 0.2) is 5.69 Å². The van der Waals surface area contributed by atoms with Crippen LogP contribution in [0.3, 0.4) is 0 Å². The molecule has 3 heterocycles. The van der Waals surface area contributed by atoms with E-state index in [1.807, 2.05) is 36.4 Å². The molecule has 14 aromatic carbocycles. The standard InChI is InChI=1S/C86H54BN5/c1-89-71-29-17-27-64(49-71)65-36-44-80(75(50-65)69-28-16-18-57(48-69)56-88)92-79-31-15-14-30-74(79)76-51-66(37-45-81(76)92)70-54-84-86-85(55-70)91(73-42-34-63(35-43-73)59-21-8-3-9-22-59)83-47-39-68(61-25-12-5-13-26-61)53-78(83)87(86)77-52-67(60-23-10-4-11-24-60)38-46-82(77)90(84)72-40-32-62(33-41-72)58-19-6-2-7-20-58/h2-55H. The smallest absolute Gasteiger partial charge is 0.252 e. The molecule has 0 N–H and O–H groups in total. The van der Waals surface area contributed by atoms with Crippen LogP contribution in [0, 0.1) is 17.9 Å². The van der Waals surface area contributed by atoms with E-state index >= 15 is 0 Å². The maximum Gasteiger partial charge on any atom is 0.252 e. The number of anilines is 6. The van der Waals surface area contributed by atoms with Crippen LogP contribution < -0.4 is 26.2 Å². The molecular formula is C86H54BN5. The molecular weight excluding hydrogens is 1110 g/mol. The zero-order valence-electron chi connectivity index (χ0n) is 50.0. The van der Waals surface area contributed by atoms with Gasteiger partial charge in [-0.15, -0.1) is 0 Å². The van der Waals surface area contributed by atoms with Crippen molar-refractivity contribution >= 4 is 84.7 Å². The molecule has 0 saturated heterocycles. The Bertz CT molecular complexity index is 5270. The number of hydrogen-bond acceptors (Lipinski definition) is 3. The van der Waals surface area contributed by atoms with Crippen molar-refractivity contribution in [2.75, 3.05) is 9.80 Å². The molecule has 15 aromatic rings. The van der Waals surface area contributed by atoms with Crippen LogP contribution in [0.4, 0.5) is 39.8 Å². The fraction of sp³-hybridized carbons (Fsp3) is 0. The van der Waals surface area contributed by atoms with E-state index in [1.165, 1.54) is 49.8 Å². The Hall–Kier alpha value is -12.5. The minimum Gasteiger partial charge on any atom is -0.311 e.